The number of carbonyl (C=O) groups excluding carboxylic acids is 1. The molecule has 0 saturated heterocycles. The largest absolute Gasteiger partial charge is 0.493 e. The fourth-order valence-corrected chi connectivity index (χ4v) is 3.13. The van der Waals surface area contributed by atoms with E-state index in [1.54, 1.807) is 31.5 Å². The normalized spacial score (nSPS) is 10.4. The molecule has 2 aromatic carbocycles. The number of methoxy groups -OCH3 is 1. The summed E-state index contributed by atoms with van der Waals surface area (Å²) in [6, 6.07) is 13.3. The van der Waals surface area contributed by atoms with Crippen molar-refractivity contribution in [3.05, 3.63) is 70.2 Å². The molecule has 0 atom stereocenters. The summed E-state index contributed by atoms with van der Waals surface area (Å²) in [6.45, 7) is 4.42. The molecule has 26 heavy (non-hydrogen) atoms. The summed E-state index contributed by atoms with van der Waals surface area (Å²) < 4.78 is 11.2. The summed E-state index contributed by atoms with van der Waals surface area (Å²) in [5.41, 5.74) is 2.74. The number of hydrogen-bond acceptors (Lipinski definition) is 5. The minimum atomic E-state index is -0.233. The van der Waals surface area contributed by atoms with Gasteiger partial charge in [0.2, 0.25) is 0 Å². The van der Waals surface area contributed by atoms with Crippen LogP contribution in [0.3, 0.4) is 0 Å². The van der Waals surface area contributed by atoms with E-state index in [1.807, 2.05) is 32.0 Å². The van der Waals surface area contributed by atoms with Gasteiger partial charge in [-0.3, -0.25) is 10.1 Å². The lowest BCUT2D eigenvalue weighted by molar-refractivity contribution is 0.102. The molecular weight excluding hydrogens is 348 g/mol. The number of benzene rings is 2. The van der Waals surface area contributed by atoms with Gasteiger partial charge in [0.25, 0.3) is 5.91 Å². The Morgan fingerprint density at radius 2 is 2.00 bits per heavy atom. The van der Waals surface area contributed by atoms with Gasteiger partial charge in [-0.2, -0.15) is 0 Å². The molecule has 134 valence electrons. The molecule has 0 unspecified atom stereocenters. The maximum atomic E-state index is 12.4. The van der Waals surface area contributed by atoms with Crippen LogP contribution in [-0.4, -0.2) is 18.0 Å². The molecule has 0 aliphatic carbocycles. The van der Waals surface area contributed by atoms with Crippen LogP contribution < -0.4 is 14.8 Å². The van der Waals surface area contributed by atoms with Crippen molar-refractivity contribution in [2.24, 2.45) is 0 Å². The molecule has 1 heterocycles. The molecule has 0 spiro atoms. The van der Waals surface area contributed by atoms with E-state index in [0.29, 0.717) is 28.8 Å². The summed E-state index contributed by atoms with van der Waals surface area (Å²) in [6.07, 6.45) is 1.73. The highest BCUT2D eigenvalue weighted by Crippen LogP contribution is 2.29. The van der Waals surface area contributed by atoms with Gasteiger partial charge in [0.15, 0.2) is 16.6 Å². The SMILES string of the molecule is COc1cc(C(=O)Nc2ncc(C)s2)ccc1OCc1cccc(C)c1. The Hall–Kier alpha value is -2.86. The number of amides is 1. The summed E-state index contributed by atoms with van der Waals surface area (Å²) in [7, 11) is 1.56. The van der Waals surface area contributed by atoms with E-state index in [1.165, 1.54) is 16.9 Å². The van der Waals surface area contributed by atoms with E-state index < -0.39 is 0 Å². The van der Waals surface area contributed by atoms with Crippen LogP contribution >= 0.6 is 11.3 Å². The van der Waals surface area contributed by atoms with Gasteiger partial charge in [-0.1, -0.05) is 29.8 Å². The number of nitrogens with one attached hydrogen (secondary N) is 1. The van der Waals surface area contributed by atoms with Crippen molar-refractivity contribution in [2.75, 3.05) is 12.4 Å². The smallest absolute Gasteiger partial charge is 0.257 e. The molecule has 6 heteroatoms. The Morgan fingerprint density at radius 3 is 2.69 bits per heavy atom. The first-order valence-corrected chi connectivity index (χ1v) is 8.97. The van der Waals surface area contributed by atoms with Crippen molar-refractivity contribution in [1.82, 2.24) is 4.98 Å². The number of carbonyl (C=O) groups is 1. The van der Waals surface area contributed by atoms with Gasteiger partial charge in [0.1, 0.15) is 6.61 Å². The van der Waals surface area contributed by atoms with Gasteiger partial charge in [-0.05, 0) is 37.6 Å². The second-order valence-corrected chi connectivity index (χ2v) is 7.11. The number of nitrogens with zero attached hydrogens (tertiary/aromatic N) is 1. The van der Waals surface area contributed by atoms with Crippen molar-refractivity contribution in [1.29, 1.82) is 0 Å². The molecule has 3 aromatic rings. The fraction of sp³-hybridized carbons (Fsp3) is 0.200. The molecule has 1 aromatic heterocycles. The highest BCUT2D eigenvalue weighted by atomic mass is 32.1. The number of rotatable bonds is 6. The van der Waals surface area contributed by atoms with Crippen LogP contribution in [0.4, 0.5) is 5.13 Å². The number of aryl methyl sites for hydroxylation is 2. The highest BCUT2D eigenvalue weighted by Gasteiger charge is 2.13. The predicted octanol–water partition coefficient (Wildman–Crippen LogP) is 4.60. The molecule has 0 aliphatic rings. The molecule has 0 saturated carbocycles. The van der Waals surface area contributed by atoms with Gasteiger partial charge in [0, 0.05) is 16.6 Å². The standard InChI is InChI=1S/C20H20N2O3S/c1-13-5-4-6-15(9-13)12-25-17-8-7-16(10-18(17)24-3)19(23)22-20-21-11-14(2)26-20/h4-11H,12H2,1-3H3,(H,21,22,23). The third-order valence-corrected chi connectivity index (χ3v) is 4.57. The second kappa shape index (κ2) is 8.01. The van der Waals surface area contributed by atoms with Crippen LogP contribution in [0.5, 0.6) is 11.5 Å². The van der Waals surface area contributed by atoms with Crippen LogP contribution in [0.1, 0.15) is 26.4 Å². The van der Waals surface area contributed by atoms with Crippen LogP contribution in [0.25, 0.3) is 0 Å². The van der Waals surface area contributed by atoms with Gasteiger partial charge >= 0.3 is 0 Å². The van der Waals surface area contributed by atoms with Gasteiger partial charge in [0.05, 0.1) is 7.11 Å². The molecule has 0 radical (unpaired) electrons. The Kier molecular flexibility index (Phi) is 5.53. The average molecular weight is 368 g/mol. The van der Waals surface area contributed by atoms with Crippen LogP contribution in [0.15, 0.2) is 48.7 Å². The van der Waals surface area contributed by atoms with Crippen molar-refractivity contribution in [3.8, 4) is 11.5 Å². The van der Waals surface area contributed by atoms with Crippen molar-refractivity contribution in [3.63, 3.8) is 0 Å². The Balaban J connectivity index is 1.71. The van der Waals surface area contributed by atoms with Crippen LogP contribution in [0.2, 0.25) is 0 Å². The summed E-state index contributed by atoms with van der Waals surface area (Å²) in [4.78, 5) is 17.6. The fourth-order valence-electron chi connectivity index (χ4n) is 2.47. The first kappa shape index (κ1) is 17.9. The zero-order chi connectivity index (χ0) is 18.5. The van der Waals surface area contributed by atoms with E-state index in [2.05, 4.69) is 16.4 Å². The monoisotopic (exact) mass is 368 g/mol. The first-order chi connectivity index (χ1) is 12.5. The molecule has 1 amide bonds. The first-order valence-electron chi connectivity index (χ1n) is 8.15. The van der Waals surface area contributed by atoms with Crippen LogP contribution in [-0.2, 0) is 6.61 Å². The Morgan fingerprint density at radius 1 is 1.15 bits per heavy atom. The van der Waals surface area contributed by atoms with Crippen molar-refractivity contribution >= 4 is 22.4 Å². The van der Waals surface area contributed by atoms with E-state index in [-0.39, 0.29) is 5.91 Å². The van der Waals surface area contributed by atoms with E-state index in [0.717, 1.165) is 10.4 Å². The highest BCUT2D eigenvalue weighted by molar-refractivity contribution is 7.15. The number of hydrogen-bond donors (Lipinski definition) is 1. The van der Waals surface area contributed by atoms with E-state index in [9.17, 15) is 4.79 Å². The molecule has 1 N–H and O–H groups in total. The van der Waals surface area contributed by atoms with Crippen LogP contribution in [0, 0.1) is 13.8 Å². The third-order valence-electron chi connectivity index (χ3n) is 3.74. The van der Waals surface area contributed by atoms with Gasteiger partial charge in [-0.15, -0.1) is 11.3 Å². The van der Waals surface area contributed by atoms with Crippen molar-refractivity contribution in [2.45, 2.75) is 20.5 Å². The second-order valence-electron chi connectivity index (χ2n) is 5.87. The lowest BCUT2D eigenvalue weighted by atomic mass is 10.1. The summed E-state index contributed by atoms with van der Waals surface area (Å²) in [5, 5.41) is 3.36. The van der Waals surface area contributed by atoms with Crippen molar-refractivity contribution < 1.29 is 14.3 Å². The zero-order valence-corrected chi connectivity index (χ0v) is 15.7. The molecular formula is C20H20N2O3S. The molecule has 3 rings (SSSR count). The lowest BCUT2D eigenvalue weighted by Gasteiger charge is -2.12. The van der Waals surface area contributed by atoms with E-state index >= 15 is 0 Å². The van der Waals surface area contributed by atoms with E-state index in [4.69, 9.17) is 9.47 Å². The number of anilines is 1. The molecule has 0 fully saturated rings. The average Bonchev–Trinajstić information content (AvgIpc) is 3.04. The van der Waals surface area contributed by atoms with Gasteiger partial charge < -0.3 is 9.47 Å². The number of aromatic nitrogens is 1. The molecule has 5 nitrogen and oxygen atoms in total. The zero-order valence-electron chi connectivity index (χ0n) is 14.9. The quantitative estimate of drug-likeness (QED) is 0.691. The predicted molar refractivity (Wildman–Crippen MR) is 103 cm³/mol. The number of ether oxygens (including phenoxy) is 2. The maximum absolute atomic E-state index is 12.4. The Labute approximate surface area is 156 Å². The summed E-state index contributed by atoms with van der Waals surface area (Å²) >= 11 is 1.43. The Bertz CT molecular complexity index is 921. The minimum Gasteiger partial charge on any atom is -0.493 e. The van der Waals surface area contributed by atoms with Gasteiger partial charge in [-0.25, -0.2) is 4.98 Å². The molecule has 0 aliphatic heterocycles. The topological polar surface area (TPSA) is 60.5 Å². The lowest BCUT2D eigenvalue weighted by Crippen LogP contribution is -2.12. The third kappa shape index (κ3) is 4.40. The maximum Gasteiger partial charge on any atom is 0.257 e. The summed E-state index contributed by atoms with van der Waals surface area (Å²) in [5.74, 6) is 0.874. The number of thiazole rings is 1. The minimum absolute atomic E-state index is 0.233. The molecule has 0 bridgehead atoms.